The zero-order valence-electron chi connectivity index (χ0n) is 9.44. The Labute approximate surface area is 97.7 Å². The largest absolute Gasteiger partial charge is 0.0979 e. The maximum Gasteiger partial charge on any atom is 0.0418 e. The Bertz CT molecular complexity index is 369. The molecule has 0 fully saturated rings. The number of hydrogen-bond donors (Lipinski definition) is 0. The fourth-order valence-corrected chi connectivity index (χ4v) is 1.52. The van der Waals surface area contributed by atoms with E-state index >= 15 is 0 Å². The van der Waals surface area contributed by atoms with Crippen molar-refractivity contribution in [2.45, 2.75) is 39.5 Å². The van der Waals surface area contributed by atoms with E-state index in [1.165, 1.54) is 24.8 Å². The van der Waals surface area contributed by atoms with E-state index in [0.29, 0.717) is 0 Å². The minimum Gasteiger partial charge on any atom is -0.0979 e. The molecule has 0 aliphatic carbocycles. The molecule has 0 aliphatic rings. The first-order chi connectivity index (χ1) is 7.24. The lowest BCUT2D eigenvalue weighted by atomic mass is 10.1. The lowest BCUT2D eigenvalue weighted by molar-refractivity contribution is 0.737. The van der Waals surface area contributed by atoms with Gasteiger partial charge in [-0.3, -0.25) is 0 Å². The number of rotatable bonds is 3. The molecule has 0 spiro atoms. The van der Waals surface area contributed by atoms with Gasteiger partial charge in [0.2, 0.25) is 0 Å². The van der Waals surface area contributed by atoms with Gasteiger partial charge in [0, 0.05) is 17.0 Å². The van der Waals surface area contributed by atoms with Crippen LogP contribution in [-0.4, -0.2) is 0 Å². The molecule has 0 saturated carbocycles. The standard InChI is InChI=1S/C14H17Cl/c1-3-4-5-6-7-8-13-11-14(15)10-9-12(13)2/h9-11H,3-6H2,1-2H3. The summed E-state index contributed by atoms with van der Waals surface area (Å²) in [7, 11) is 0. The zero-order valence-corrected chi connectivity index (χ0v) is 10.2. The van der Waals surface area contributed by atoms with Crippen molar-refractivity contribution in [3.63, 3.8) is 0 Å². The molecule has 0 nitrogen and oxygen atoms in total. The zero-order chi connectivity index (χ0) is 11.1. The average molecular weight is 221 g/mol. The van der Waals surface area contributed by atoms with E-state index < -0.39 is 0 Å². The molecule has 1 aromatic carbocycles. The van der Waals surface area contributed by atoms with E-state index in [9.17, 15) is 0 Å². The van der Waals surface area contributed by atoms with Crippen LogP contribution in [0.1, 0.15) is 43.7 Å². The number of hydrogen-bond acceptors (Lipinski definition) is 0. The van der Waals surface area contributed by atoms with Crippen LogP contribution in [0.2, 0.25) is 5.02 Å². The molecule has 0 aromatic heterocycles. The van der Waals surface area contributed by atoms with Crippen LogP contribution < -0.4 is 0 Å². The van der Waals surface area contributed by atoms with Crippen LogP contribution in [0.15, 0.2) is 18.2 Å². The second-order valence-corrected chi connectivity index (χ2v) is 4.15. The Morgan fingerprint density at radius 2 is 2.07 bits per heavy atom. The SMILES string of the molecule is CCCCCC#Cc1cc(Cl)ccc1C. The Morgan fingerprint density at radius 3 is 2.80 bits per heavy atom. The molecule has 80 valence electrons. The normalized spacial score (nSPS) is 9.53. The summed E-state index contributed by atoms with van der Waals surface area (Å²) < 4.78 is 0. The maximum absolute atomic E-state index is 5.91. The van der Waals surface area contributed by atoms with Crippen LogP contribution in [0.25, 0.3) is 0 Å². The molecule has 0 atom stereocenters. The van der Waals surface area contributed by atoms with Crippen LogP contribution in [0.4, 0.5) is 0 Å². The monoisotopic (exact) mass is 220 g/mol. The van der Waals surface area contributed by atoms with Crippen molar-refractivity contribution < 1.29 is 0 Å². The van der Waals surface area contributed by atoms with Crippen LogP contribution >= 0.6 is 11.6 Å². The lowest BCUT2D eigenvalue weighted by Gasteiger charge is -1.97. The van der Waals surface area contributed by atoms with Gasteiger partial charge in [0.25, 0.3) is 0 Å². The van der Waals surface area contributed by atoms with E-state index in [-0.39, 0.29) is 0 Å². The summed E-state index contributed by atoms with van der Waals surface area (Å²) in [6.45, 7) is 4.26. The second kappa shape index (κ2) is 6.53. The molecule has 0 unspecified atom stereocenters. The minimum atomic E-state index is 0.762. The highest BCUT2D eigenvalue weighted by Crippen LogP contribution is 2.14. The van der Waals surface area contributed by atoms with Crippen molar-refractivity contribution in [2.75, 3.05) is 0 Å². The fourth-order valence-electron chi connectivity index (χ4n) is 1.35. The Balaban J connectivity index is 2.59. The van der Waals surface area contributed by atoms with Gasteiger partial charge in [-0.1, -0.05) is 49.3 Å². The first-order valence-corrected chi connectivity index (χ1v) is 5.87. The van der Waals surface area contributed by atoms with Crippen molar-refractivity contribution in [1.29, 1.82) is 0 Å². The Hall–Kier alpha value is -0.930. The van der Waals surface area contributed by atoms with Gasteiger partial charge in [-0.15, -0.1) is 0 Å². The first-order valence-electron chi connectivity index (χ1n) is 5.49. The number of benzene rings is 1. The molecule has 0 amide bonds. The van der Waals surface area contributed by atoms with Crippen molar-refractivity contribution in [3.05, 3.63) is 34.3 Å². The summed E-state index contributed by atoms with van der Waals surface area (Å²) in [6, 6.07) is 5.85. The fraction of sp³-hybridized carbons (Fsp3) is 0.429. The smallest absolute Gasteiger partial charge is 0.0418 e. The summed E-state index contributed by atoms with van der Waals surface area (Å²) in [6.07, 6.45) is 4.70. The highest BCUT2D eigenvalue weighted by Gasteiger charge is 1.94. The quantitative estimate of drug-likeness (QED) is 0.517. The Kier molecular flexibility index (Phi) is 5.29. The predicted octanol–water partition coefficient (Wildman–Crippen LogP) is 4.58. The number of halogens is 1. The van der Waals surface area contributed by atoms with E-state index in [4.69, 9.17) is 11.6 Å². The topological polar surface area (TPSA) is 0 Å². The molecule has 0 saturated heterocycles. The molecule has 1 heteroatoms. The first kappa shape index (κ1) is 12.1. The molecule has 0 radical (unpaired) electrons. The van der Waals surface area contributed by atoms with Gasteiger partial charge in [-0.25, -0.2) is 0 Å². The summed E-state index contributed by atoms with van der Waals surface area (Å²) in [4.78, 5) is 0. The van der Waals surface area contributed by atoms with Crippen LogP contribution in [-0.2, 0) is 0 Å². The molecule has 1 rings (SSSR count). The van der Waals surface area contributed by atoms with Crippen LogP contribution in [0.5, 0.6) is 0 Å². The molecule has 15 heavy (non-hydrogen) atoms. The highest BCUT2D eigenvalue weighted by molar-refractivity contribution is 6.30. The van der Waals surface area contributed by atoms with E-state index in [2.05, 4.69) is 25.7 Å². The molecule has 0 N–H and O–H groups in total. The second-order valence-electron chi connectivity index (χ2n) is 3.72. The van der Waals surface area contributed by atoms with Crippen molar-refractivity contribution in [2.24, 2.45) is 0 Å². The van der Waals surface area contributed by atoms with Gasteiger partial charge in [-0.2, -0.15) is 0 Å². The van der Waals surface area contributed by atoms with Crippen molar-refractivity contribution >= 4 is 11.6 Å². The van der Waals surface area contributed by atoms with Crippen LogP contribution in [0, 0.1) is 18.8 Å². The molecular weight excluding hydrogens is 204 g/mol. The summed E-state index contributed by atoms with van der Waals surface area (Å²) in [5.74, 6) is 6.37. The van der Waals surface area contributed by atoms with E-state index in [1.54, 1.807) is 0 Å². The van der Waals surface area contributed by atoms with E-state index in [0.717, 1.165) is 17.0 Å². The van der Waals surface area contributed by atoms with Gasteiger partial charge in [0.05, 0.1) is 0 Å². The molecule has 0 aliphatic heterocycles. The number of unbranched alkanes of at least 4 members (excludes halogenated alkanes) is 3. The predicted molar refractivity (Wildman–Crippen MR) is 67.2 cm³/mol. The third-order valence-corrected chi connectivity index (χ3v) is 2.56. The Morgan fingerprint density at radius 1 is 1.27 bits per heavy atom. The van der Waals surface area contributed by atoms with Crippen LogP contribution in [0.3, 0.4) is 0 Å². The molecule has 0 bridgehead atoms. The third-order valence-electron chi connectivity index (χ3n) is 2.33. The summed E-state index contributed by atoms with van der Waals surface area (Å²) in [5, 5.41) is 0.762. The average Bonchev–Trinajstić information content (AvgIpc) is 2.23. The molecular formula is C14H17Cl. The van der Waals surface area contributed by atoms with Gasteiger partial charge < -0.3 is 0 Å². The molecule has 0 heterocycles. The van der Waals surface area contributed by atoms with Crippen molar-refractivity contribution in [3.8, 4) is 11.8 Å². The van der Waals surface area contributed by atoms with Gasteiger partial charge in [-0.05, 0) is 31.0 Å². The van der Waals surface area contributed by atoms with Crippen molar-refractivity contribution in [1.82, 2.24) is 0 Å². The van der Waals surface area contributed by atoms with Gasteiger partial charge in [0.15, 0.2) is 0 Å². The maximum atomic E-state index is 5.91. The van der Waals surface area contributed by atoms with Gasteiger partial charge >= 0.3 is 0 Å². The highest BCUT2D eigenvalue weighted by atomic mass is 35.5. The number of aryl methyl sites for hydroxylation is 1. The lowest BCUT2D eigenvalue weighted by Crippen LogP contribution is -1.81. The third kappa shape index (κ3) is 4.40. The van der Waals surface area contributed by atoms with Gasteiger partial charge in [0.1, 0.15) is 0 Å². The summed E-state index contributed by atoms with van der Waals surface area (Å²) in [5.41, 5.74) is 2.25. The molecule has 1 aromatic rings. The minimum absolute atomic E-state index is 0.762. The van der Waals surface area contributed by atoms with E-state index in [1.807, 2.05) is 18.2 Å². The summed E-state index contributed by atoms with van der Waals surface area (Å²) >= 11 is 5.91.